The average molecular weight is 435 g/mol. The van der Waals surface area contributed by atoms with Gasteiger partial charge in [0.05, 0.1) is 13.2 Å². The molecule has 3 N–H and O–H groups in total. The van der Waals surface area contributed by atoms with Crippen LogP contribution in [0.1, 0.15) is 37.5 Å². The number of thiophene rings is 1. The standard InChI is InChI=1S/C25H26N2O3S/c1-16-4-10-20(17(2)22(16)15-28)21-12-13-31-23(21)14-27-24(29)11-7-18-5-8-19(9-6-18)25(30)26-3/h4-13,28H,14-15H2,1-3H3,(H,26,30)(H,27,29)/b11-7+. The second-order valence-corrected chi connectivity index (χ2v) is 8.20. The van der Waals surface area contributed by atoms with Gasteiger partial charge in [0.2, 0.25) is 5.91 Å². The summed E-state index contributed by atoms with van der Waals surface area (Å²) in [6.45, 7) is 4.45. The number of aliphatic hydroxyl groups excluding tert-OH is 1. The Labute approximate surface area is 186 Å². The van der Waals surface area contributed by atoms with Gasteiger partial charge in [0.25, 0.3) is 5.91 Å². The summed E-state index contributed by atoms with van der Waals surface area (Å²) in [5.41, 5.74) is 6.65. The lowest BCUT2D eigenvalue weighted by molar-refractivity contribution is -0.116. The Morgan fingerprint density at radius 2 is 1.77 bits per heavy atom. The molecule has 0 aliphatic carbocycles. The van der Waals surface area contributed by atoms with Crippen molar-refractivity contribution in [1.82, 2.24) is 10.6 Å². The molecule has 2 amide bonds. The van der Waals surface area contributed by atoms with Crippen LogP contribution in [0.15, 0.2) is 53.9 Å². The Morgan fingerprint density at radius 3 is 2.45 bits per heavy atom. The van der Waals surface area contributed by atoms with E-state index < -0.39 is 0 Å². The molecule has 0 radical (unpaired) electrons. The minimum atomic E-state index is -0.189. The predicted molar refractivity (Wildman–Crippen MR) is 126 cm³/mol. The van der Waals surface area contributed by atoms with Crippen molar-refractivity contribution < 1.29 is 14.7 Å². The molecule has 0 aliphatic heterocycles. The van der Waals surface area contributed by atoms with E-state index in [1.54, 1.807) is 48.7 Å². The van der Waals surface area contributed by atoms with Crippen LogP contribution < -0.4 is 10.6 Å². The molecule has 0 saturated carbocycles. The van der Waals surface area contributed by atoms with Crippen molar-refractivity contribution in [3.63, 3.8) is 0 Å². The van der Waals surface area contributed by atoms with E-state index in [0.717, 1.165) is 38.3 Å². The maximum absolute atomic E-state index is 12.3. The van der Waals surface area contributed by atoms with E-state index >= 15 is 0 Å². The number of hydrogen-bond acceptors (Lipinski definition) is 4. The van der Waals surface area contributed by atoms with Crippen molar-refractivity contribution in [3.8, 4) is 11.1 Å². The summed E-state index contributed by atoms with van der Waals surface area (Å²) in [7, 11) is 1.59. The fourth-order valence-electron chi connectivity index (χ4n) is 3.43. The Balaban J connectivity index is 1.67. The van der Waals surface area contributed by atoms with Gasteiger partial charge in [-0.1, -0.05) is 24.3 Å². The Kier molecular flexibility index (Phi) is 7.39. The van der Waals surface area contributed by atoms with E-state index in [4.69, 9.17) is 0 Å². The highest BCUT2D eigenvalue weighted by Gasteiger charge is 2.13. The van der Waals surface area contributed by atoms with Crippen molar-refractivity contribution >= 4 is 29.2 Å². The van der Waals surface area contributed by atoms with Crippen molar-refractivity contribution in [3.05, 3.63) is 86.6 Å². The lowest BCUT2D eigenvalue weighted by atomic mass is 9.94. The summed E-state index contributed by atoms with van der Waals surface area (Å²) in [6.07, 6.45) is 3.21. The highest BCUT2D eigenvalue weighted by Crippen LogP contribution is 2.33. The van der Waals surface area contributed by atoms with Crippen LogP contribution in [0.4, 0.5) is 0 Å². The molecule has 1 aromatic heterocycles. The van der Waals surface area contributed by atoms with E-state index in [-0.39, 0.29) is 18.4 Å². The van der Waals surface area contributed by atoms with Crippen LogP contribution in [0.2, 0.25) is 0 Å². The number of amides is 2. The van der Waals surface area contributed by atoms with Crippen molar-refractivity contribution in [2.75, 3.05) is 7.05 Å². The van der Waals surface area contributed by atoms with Crippen molar-refractivity contribution in [2.45, 2.75) is 27.0 Å². The molecule has 2 aromatic carbocycles. The van der Waals surface area contributed by atoms with Gasteiger partial charge < -0.3 is 15.7 Å². The number of nitrogens with one attached hydrogen (secondary N) is 2. The van der Waals surface area contributed by atoms with E-state index in [0.29, 0.717) is 12.1 Å². The minimum absolute atomic E-state index is 0.0105. The number of aryl methyl sites for hydroxylation is 1. The van der Waals surface area contributed by atoms with E-state index in [1.165, 1.54) is 6.08 Å². The Hall–Kier alpha value is -3.22. The molecule has 1 heterocycles. The normalized spacial score (nSPS) is 11.0. The number of benzene rings is 2. The molecular formula is C25H26N2O3S. The molecule has 0 spiro atoms. The fourth-order valence-corrected chi connectivity index (χ4v) is 4.26. The zero-order chi connectivity index (χ0) is 22.4. The number of rotatable bonds is 7. The predicted octanol–water partition coefficient (Wildman–Crippen LogP) is 4.21. The fraction of sp³-hybridized carbons (Fsp3) is 0.200. The van der Waals surface area contributed by atoms with Crippen LogP contribution in [0.25, 0.3) is 17.2 Å². The molecule has 0 atom stereocenters. The maximum Gasteiger partial charge on any atom is 0.251 e. The average Bonchev–Trinajstić information content (AvgIpc) is 3.24. The molecule has 160 valence electrons. The lowest BCUT2D eigenvalue weighted by Crippen LogP contribution is -2.20. The third-order valence-electron chi connectivity index (χ3n) is 5.28. The van der Waals surface area contributed by atoms with Gasteiger partial charge in [0, 0.05) is 23.6 Å². The maximum atomic E-state index is 12.3. The summed E-state index contributed by atoms with van der Waals surface area (Å²) in [4.78, 5) is 25.0. The van der Waals surface area contributed by atoms with Crippen LogP contribution in [0.5, 0.6) is 0 Å². The number of carbonyl (C=O) groups excluding carboxylic acids is 2. The molecule has 31 heavy (non-hydrogen) atoms. The van der Waals surface area contributed by atoms with Gasteiger partial charge in [-0.15, -0.1) is 11.3 Å². The first-order chi connectivity index (χ1) is 14.9. The van der Waals surface area contributed by atoms with Crippen LogP contribution in [-0.2, 0) is 17.9 Å². The van der Waals surface area contributed by atoms with Gasteiger partial charge in [-0.2, -0.15) is 0 Å². The first kappa shape index (κ1) is 22.5. The SMILES string of the molecule is CNC(=O)c1ccc(/C=C/C(=O)NCc2sccc2-c2ccc(C)c(CO)c2C)cc1. The van der Waals surface area contributed by atoms with Crippen molar-refractivity contribution in [2.24, 2.45) is 0 Å². The van der Waals surface area contributed by atoms with Gasteiger partial charge in [-0.3, -0.25) is 9.59 Å². The monoisotopic (exact) mass is 434 g/mol. The first-order valence-electron chi connectivity index (χ1n) is 9.99. The van der Waals surface area contributed by atoms with Gasteiger partial charge in [-0.05, 0) is 76.9 Å². The zero-order valence-electron chi connectivity index (χ0n) is 17.9. The van der Waals surface area contributed by atoms with E-state index in [1.807, 2.05) is 25.3 Å². The van der Waals surface area contributed by atoms with E-state index in [9.17, 15) is 14.7 Å². The van der Waals surface area contributed by atoms with E-state index in [2.05, 4.69) is 22.8 Å². The van der Waals surface area contributed by atoms with Gasteiger partial charge >= 0.3 is 0 Å². The highest BCUT2D eigenvalue weighted by atomic mass is 32.1. The Morgan fingerprint density at radius 1 is 1.03 bits per heavy atom. The van der Waals surface area contributed by atoms with Crippen LogP contribution in [0.3, 0.4) is 0 Å². The molecule has 0 saturated heterocycles. The van der Waals surface area contributed by atoms with Gasteiger partial charge in [0.1, 0.15) is 0 Å². The molecule has 0 fully saturated rings. The number of aliphatic hydroxyl groups is 1. The smallest absolute Gasteiger partial charge is 0.251 e. The molecule has 0 aliphatic rings. The van der Waals surface area contributed by atoms with Crippen LogP contribution in [-0.4, -0.2) is 24.0 Å². The molecule has 0 bridgehead atoms. The minimum Gasteiger partial charge on any atom is -0.392 e. The molecule has 3 aromatic rings. The third kappa shape index (κ3) is 5.29. The van der Waals surface area contributed by atoms with Crippen LogP contribution >= 0.6 is 11.3 Å². The molecule has 0 unspecified atom stereocenters. The summed E-state index contributed by atoms with van der Waals surface area (Å²) in [5, 5.41) is 17.2. The topological polar surface area (TPSA) is 78.4 Å². The largest absolute Gasteiger partial charge is 0.392 e. The Bertz CT molecular complexity index is 1110. The van der Waals surface area contributed by atoms with Crippen LogP contribution in [0, 0.1) is 13.8 Å². The summed E-state index contributed by atoms with van der Waals surface area (Å²) < 4.78 is 0. The molecule has 3 rings (SSSR count). The third-order valence-corrected chi connectivity index (χ3v) is 6.20. The second kappa shape index (κ2) is 10.2. The summed E-state index contributed by atoms with van der Waals surface area (Å²) in [6, 6.07) is 13.2. The number of carbonyl (C=O) groups is 2. The highest BCUT2D eigenvalue weighted by molar-refractivity contribution is 7.10. The molecule has 5 nitrogen and oxygen atoms in total. The quantitative estimate of drug-likeness (QED) is 0.488. The molecule has 6 heteroatoms. The summed E-state index contributed by atoms with van der Waals surface area (Å²) in [5.74, 6) is -0.332. The molecular weight excluding hydrogens is 408 g/mol. The van der Waals surface area contributed by atoms with Gasteiger partial charge in [-0.25, -0.2) is 0 Å². The lowest BCUT2D eigenvalue weighted by Gasteiger charge is -2.13. The first-order valence-corrected chi connectivity index (χ1v) is 10.9. The second-order valence-electron chi connectivity index (χ2n) is 7.20. The zero-order valence-corrected chi connectivity index (χ0v) is 18.7. The van der Waals surface area contributed by atoms with Gasteiger partial charge in [0.15, 0.2) is 0 Å². The van der Waals surface area contributed by atoms with Crippen molar-refractivity contribution in [1.29, 1.82) is 0 Å². The summed E-state index contributed by atoms with van der Waals surface area (Å²) >= 11 is 1.59. The number of hydrogen-bond donors (Lipinski definition) is 3.